The largest absolute Gasteiger partial charge is 0.477 e. The van der Waals surface area contributed by atoms with E-state index in [1.165, 1.54) is 0 Å². The number of rotatable bonds is 5. The Morgan fingerprint density at radius 3 is 2.73 bits per heavy atom. The summed E-state index contributed by atoms with van der Waals surface area (Å²) in [6.07, 6.45) is 0.577. The van der Waals surface area contributed by atoms with Crippen molar-refractivity contribution in [3.63, 3.8) is 0 Å². The number of aromatic nitrogens is 2. The number of nitrogens with one attached hydrogen (secondary N) is 1. The molecule has 4 N–H and O–H groups in total. The summed E-state index contributed by atoms with van der Waals surface area (Å²) >= 11 is 0. The molecule has 1 aromatic heterocycles. The minimum atomic E-state index is 0.102. The Hall–Kier alpha value is -1.40. The Kier molecular flexibility index (Phi) is 4.26. The van der Waals surface area contributed by atoms with Crippen LogP contribution in [-0.2, 0) is 0 Å². The maximum Gasteiger partial charge on any atom is 0.221 e. The fourth-order valence-electron chi connectivity index (χ4n) is 1.12. The number of hydrogen-bond acceptors (Lipinski definition) is 6. The Morgan fingerprint density at radius 2 is 2.13 bits per heavy atom. The normalized spacial score (nSPS) is 10.1. The molecule has 0 bridgehead atoms. The number of hydrogen-bond donors (Lipinski definition) is 3. The van der Waals surface area contributed by atoms with Gasteiger partial charge in [-0.1, -0.05) is 0 Å². The van der Waals surface area contributed by atoms with Crippen molar-refractivity contribution in [1.29, 1.82) is 0 Å². The molecule has 0 aliphatic rings. The molecule has 0 atom stereocenters. The molecule has 0 radical (unpaired) electrons. The topological polar surface area (TPSA) is 93.3 Å². The Bertz CT molecular complexity index is 330. The van der Waals surface area contributed by atoms with Gasteiger partial charge in [-0.2, -0.15) is 4.98 Å². The molecule has 0 amide bonds. The Morgan fingerprint density at radius 1 is 1.40 bits per heavy atom. The zero-order valence-corrected chi connectivity index (χ0v) is 8.95. The van der Waals surface area contributed by atoms with Crippen molar-refractivity contribution in [2.24, 2.45) is 5.84 Å². The monoisotopic (exact) mass is 212 g/mol. The van der Waals surface area contributed by atoms with Crippen LogP contribution in [0.2, 0.25) is 0 Å². The van der Waals surface area contributed by atoms with E-state index in [1.807, 2.05) is 6.92 Å². The minimum absolute atomic E-state index is 0.102. The van der Waals surface area contributed by atoms with Gasteiger partial charge in [-0.3, -0.25) is 0 Å². The lowest BCUT2D eigenvalue weighted by Crippen LogP contribution is -2.13. The summed E-state index contributed by atoms with van der Waals surface area (Å²) in [5, 5.41) is 8.62. The van der Waals surface area contributed by atoms with E-state index in [0.717, 1.165) is 5.56 Å². The van der Waals surface area contributed by atoms with Crippen molar-refractivity contribution >= 4 is 5.82 Å². The van der Waals surface area contributed by atoms with Crippen LogP contribution in [0.15, 0.2) is 0 Å². The van der Waals surface area contributed by atoms with E-state index in [2.05, 4.69) is 15.4 Å². The van der Waals surface area contributed by atoms with Crippen LogP contribution >= 0.6 is 0 Å². The van der Waals surface area contributed by atoms with Crippen LogP contribution in [0.25, 0.3) is 0 Å². The number of aryl methyl sites for hydroxylation is 1. The molecule has 0 unspecified atom stereocenters. The van der Waals surface area contributed by atoms with Crippen LogP contribution < -0.4 is 16.0 Å². The van der Waals surface area contributed by atoms with Crippen molar-refractivity contribution in [1.82, 2.24) is 9.97 Å². The lowest BCUT2D eigenvalue weighted by atomic mass is 10.3. The fraction of sp³-hybridized carbons (Fsp3) is 0.556. The molecule has 1 heterocycles. The smallest absolute Gasteiger partial charge is 0.221 e. The van der Waals surface area contributed by atoms with Gasteiger partial charge in [0, 0.05) is 13.0 Å². The summed E-state index contributed by atoms with van der Waals surface area (Å²) in [4.78, 5) is 8.25. The van der Waals surface area contributed by atoms with E-state index in [1.54, 1.807) is 6.92 Å². The predicted octanol–water partition coefficient (Wildman–Crippen LogP) is 0.140. The second-order valence-electron chi connectivity index (χ2n) is 3.12. The minimum Gasteiger partial charge on any atom is -0.477 e. The summed E-state index contributed by atoms with van der Waals surface area (Å²) in [6, 6.07) is 0. The van der Waals surface area contributed by atoms with Crippen molar-refractivity contribution in [2.75, 3.05) is 18.6 Å². The first-order valence-electron chi connectivity index (χ1n) is 4.74. The second kappa shape index (κ2) is 5.47. The van der Waals surface area contributed by atoms with Gasteiger partial charge >= 0.3 is 0 Å². The molecule has 84 valence electrons. The number of anilines is 1. The number of aliphatic hydroxyl groups is 1. The maximum atomic E-state index is 8.62. The molecule has 0 aliphatic carbocycles. The van der Waals surface area contributed by atoms with E-state index >= 15 is 0 Å². The Balaban J connectivity index is 2.81. The van der Waals surface area contributed by atoms with Crippen molar-refractivity contribution < 1.29 is 9.84 Å². The number of nitrogens with zero attached hydrogens (tertiary/aromatic N) is 2. The molecule has 0 aliphatic heterocycles. The van der Waals surface area contributed by atoms with Crippen LogP contribution in [0.3, 0.4) is 0 Å². The maximum absolute atomic E-state index is 8.62. The molecule has 0 aromatic carbocycles. The van der Waals surface area contributed by atoms with Crippen LogP contribution in [0.1, 0.15) is 17.8 Å². The molecule has 6 nitrogen and oxygen atoms in total. The lowest BCUT2D eigenvalue weighted by Gasteiger charge is -2.11. The first-order valence-corrected chi connectivity index (χ1v) is 4.74. The summed E-state index contributed by atoms with van der Waals surface area (Å²) < 4.78 is 5.39. The molecule has 1 aromatic rings. The van der Waals surface area contributed by atoms with Gasteiger partial charge in [0.15, 0.2) is 0 Å². The standard InChI is InChI=1S/C9H16N4O2/c1-6-8(13-10)11-7(2)12-9(6)15-5-3-4-14/h14H,3-5,10H2,1-2H3,(H,11,12,13). The number of ether oxygens (including phenoxy) is 1. The SMILES string of the molecule is Cc1nc(NN)c(C)c(OCCCO)n1. The highest BCUT2D eigenvalue weighted by molar-refractivity contribution is 5.47. The van der Waals surface area contributed by atoms with Gasteiger partial charge in [-0.25, -0.2) is 10.8 Å². The summed E-state index contributed by atoms with van der Waals surface area (Å²) in [5.41, 5.74) is 3.25. The highest BCUT2D eigenvalue weighted by atomic mass is 16.5. The Labute approximate surface area is 88.5 Å². The third kappa shape index (κ3) is 3.03. The molecular formula is C9H16N4O2. The molecular weight excluding hydrogens is 196 g/mol. The van der Waals surface area contributed by atoms with Gasteiger partial charge in [0.1, 0.15) is 11.6 Å². The molecule has 0 saturated heterocycles. The highest BCUT2D eigenvalue weighted by Gasteiger charge is 2.08. The quantitative estimate of drug-likeness (QED) is 0.365. The zero-order chi connectivity index (χ0) is 11.3. The molecule has 15 heavy (non-hydrogen) atoms. The molecule has 0 fully saturated rings. The zero-order valence-electron chi connectivity index (χ0n) is 8.95. The van der Waals surface area contributed by atoms with E-state index in [-0.39, 0.29) is 6.61 Å². The average Bonchev–Trinajstić information content (AvgIpc) is 2.23. The van der Waals surface area contributed by atoms with Crippen LogP contribution in [-0.4, -0.2) is 28.3 Å². The predicted molar refractivity (Wildman–Crippen MR) is 56.5 cm³/mol. The van der Waals surface area contributed by atoms with Crippen molar-refractivity contribution in [3.05, 3.63) is 11.4 Å². The number of aliphatic hydroxyl groups excluding tert-OH is 1. The molecule has 0 saturated carbocycles. The van der Waals surface area contributed by atoms with Gasteiger partial charge in [0.25, 0.3) is 0 Å². The molecule has 0 spiro atoms. The van der Waals surface area contributed by atoms with E-state index < -0.39 is 0 Å². The van der Waals surface area contributed by atoms with E-state index in [4.69, 9.17) is 15.7 Å². The summed E-state index contributed by atoms with van der Waals surface area (Å²) in [6.45, 7) is 4.12. The highest BCUT2D eigenvalue weighted by Crippen LogP contribution is 2.20. The average molecular weight is 212 g/mol. The van der Waals surface area contributed by atoms with E-state index in [0.29, 0.717) is 30.5 Å². The third-order valence-electron chi connectivity index (χ3n) is 1.89. The molecule has 6 heteroatoms. The van der Waals surface area contributed by atoms with Crippen LogP contribution in [0.4, 0.5) is 5.82 Å². The first kappa shape index (κ1) is 11.7. The van der Waals surface area contributed by atoms with Gasteiger partial charge in [-0.05, 0) is 13.8 Å². The van der Waals surface area contributed by atoms with Crippen molar-refractivity contribution in [2.45, 2.75) is 20.3 Å². The van der Waals surface area contributed by atoms with Gasteiger partial charge < -0.3 is 15.3 Å². The van der Waals surface area contributed by atoms with Gasteiger partial charge in [0.05, 0.1) is 12.2 Å². The number of nitrogen functional groups attached to an aromatic ring is 1. The van der Waals surface area contributed by atoms with Crippen molar-refractivity contribution in [3.8, 4) is 5.88 Å². The van der Waals surface area contributed by atoms with E-state index in [9.17, 15) is 0 Å². The second-order valence-corrected chi connectivity index (χ2v) is 3.12. The van der Waals surface area contributed by atoms with Gasteiger partial charge in [-0.15, -0.1) is 0 Å². The molecule has 1 rings (SSSR count). The van der Waals surface area contributed by atoms with Crippen LogP contribution in [0.5, 0.6) is 5.88 Å². The first-order chi connectivity index (χ1) is 7.19. The van der Waals surface area contributed by atoms with Crippen LogP contribution in [0, 0.1) is 13.8 Å². The lowest BCUT2D eigenvalue weighted by molar-refractivity contribution is 0.228. The third-order valence-corrected chi connectivity index (χ3v) is 1.89. The number of nitrogens with two attached hydrogens (primary N) is 1. The fourth-order valence-corrected chi connectivity index (χ4v) is 1.12. The summed E-state index contributed by atoms with van der Waals surface area (Å²) in [7, 11) is 0. The summed E-state index contributed by atoms with van der Waals surface area (Å²) in [5.74, 6) is 6.96. The number of hydrazine groups is 1. The van der Waals surface area contributed by atoms with Gasteiger partial charge in [0.2, 0.25) is 5.88 Å².